The molecule has 0 aliphatic carbocycles. The standard InChI is InChI=1S/C19H20O3/c20-17-10-6-16(7-11-17)9-13-19(22)14-18(21)12-8-15-4-2-1-3-5-15/h1-7,10-11,20H,8-9,12-14H2. The van der Waals surface area contributed by atoms with E-state index in [2.05, 4.69) is 0 Å². The summed E-state index contributed by atoms with van der Waals surface area (Å²) in [5, 5.41) is 9.19. The zero-order valence-corrected chi connectivity index (χ0v) is 12.5. The lowest BCUT2D eigenvalue weighted by atomic mass is 10.0. The molecule has 3 nitrogen and oxygen atoms in total. The van der Waals surface area contributed by atoms with Crippen molar-refractivity contribution in [3.05, 3.63) is 65.7 Å². The van der Waals surface area contributed by atoms with E-state index < -0.39 is 0 Å². The molecule has 0 aliphatic heterocycles. The maximum absolute atomic E-state index is 11.8. The Kier molecular flexibility index (Phi) is 5.90. The minimum atomic E-state index is -0.0221. The van der Waals surface area contributed by atoms with E-state index in [-0.39, 0.29) is 23.7 Å². The van der Waals surface area contributed by atoms with Crippen molar-refractivity contribution in [2.24, 2.45) is 0 Å². The number of carbonyl (C=O) groups excluding carboxylic acids is 2. The molecule has 2 aromatic rings. The highest BCUT2D eigenvalue weighted by Gasteiger charge is 2.10. The number of phenolic OH excluding ortho intramolecular Hbond substituents is 1. The number of aryl methyl sites for hydroxylation is 2. The molecule has 0 saturated heterocycles. The number of hydrogen-bond donors (Lipinski definition) is 1. The number of ketones is 2. The molecule has 0 radical (unpaired) electrons. The Hall–Kier alpha value is -2.42. The maximum Gasteiger partial charge on any atom is 0.140 e. The van der Waals surface area contributed by atoms with Crippen LogP contribution in [0.2, 0.25) is 0 Å². The third kappa shape index (κ3) is 5.52. The summed E-state index contributed by atoms with van der Waals surface area (Å²) in [5.74, 6) is 0.192. The van der Waals surface area contributed by atoms with E-state index in [0.717, 1.165) is 11.1 Å². The summed E-state index contributed by atoms with van der Waals surface area (Å²) in [6.07, 6.45) is 2.08. The van der Waals surface area contributed by atoms with Crippen LogP contribution < -0.4 is 0 Å². The molecule has 1 N–H and O–H groups in total. The Morgan fingerprint density at radius 2 is 1.23 bits per heavy atom. The largest absolute Gasteiger partial charge is 0.508 e. The Balaban J connectivity index is 1.70. The van der Waals surface area contributed by atoms with Gasteiger partial charge in [-0.2, -0.15) is 0 Å². The molecule has 0 heterocycles. The Morgan fingerprint density at radius 3 is 1.77 bits per heavy atom. The summed E-state index contributed by atoms with van der Waals surface area (Å²) in [6.45, 7) is 0. The van der Waals surface area contributed by atoms with Gasteiger partial charge in [0, 0.05) is 12.8 Å². The van der Waals surface area contributed by atoms with E-state index in [1.165, 1.54) is 0 Å². The molecule has 0 unspecified atom stereocenters. The van der Waals surface area contributed by atoms with Gasteiger partial charge in [-0.3, -0.25) is 9.59 Å². The predicted octanol–water partition coefficient (Wildman–Crippen LogP) is 3.49. The first-order valence-corrected chi connectivity index (χ1v) is 7.49. The number of carbonyl (C=O) groups is 2. The summed E-state index contributed by atoms with van der Waals surface area (Å²) in [7, 11) is 0. The molecule has 0 aromatic heterocycles. The monoisotopic (exact) mass is 296 g/mol. The second-order valence-electron chi connectivity index (χ2n) is 5.41. The van der Waals surface area contributed by atoms with Crippen molar-refractivity contribution in [2.75, 3.05) is 0 Å². The Bertz CT molecular complexity index is 615. The topological polar surface area (TPSA) is 54.4 Å². The lowest BCUT2D eigenvalue weighted by molar-refractivity contribution is -0.126. The average Bonchev–Trinajstić information content (AvgIpc) is 2.53. The smallest absolute Gasteiger partial charge is 0.140 e. The van der Waals surface area contributed by atoms with Gasteiger partial charge in [-0.15, -0.1) is 0 Å². The van der Waals surface area contributed by atoms with Crippen LogP contribution in [0.5, 0.6) is 5.75 Å². The molecule has 114 valence electrons. The van der Waals surface area contributed by atoms with Gasteiger partial charge >= 0.3 is 0 Å². The SMILES string of the molecule is O=C(CCc1ccccc1)CC(=O)CCc1ccc(O)cc1. The number of aromatic hydroxyl groups is 1. The number of phenols is 1. The van der Waals surface area contributed by atoms with Crippen molar-refractivity contribution in [1.29, 1.82) is 0 Å². The average molecular weight is 296 g/mol. The lowest BCUT2D eigenvalue weighted by Gasteiger charge is -2.03. The van der Waals surface area contributed by atoms with Crippen LogP contribution in [0.1, 0.15) is 30.4 Å². The van der Waals surface area contributed by atoms with Gasteiger partial charge in [0.05, 0.1) is 6.42 Å². The van der Waals surface area contributed by atoms with Crippen molar-refractivity contribution in [3.63, 3.8) is 0 Å². The third-order valence-corrected chi connectivity index (χ3v) is 3.56. The first-order valence-electron chi connectivity index (χ1n) is 7.49. The fourth-order valence-corrected chi connectivity index (χ4v) is 2.27. The first-order chi connectivity index (χ1) is 10.6. The van der Waals surface area contributed by atoms with Crippen molar-refractivity contribution in [1.82, 2.24) is 0 Å². The molecule has 0 saturated carbocycles. The van der Waals surface area contributed by atoms with Crippen molar-refractivity contribution in [3.8, 4) is 5.75 Å². The summed E-state index contributed by atoms with van der Waals surface area (Å²) in [6, 6.07) is 16.6. The minimum absolute atomic E-state index is 0.000408. The van der Waals surface area contributed by atoms with Crippen LogP contribution in [0.25, 0.3) is 0 Å². The number of rotatable bonds is 8. The molecule has 0 atom stereocenters. The highest BCUT2D eigenvalue weighted by molar-refractivity contribution is 5.99. The van der Waals surface area contributed by atoms with Crippen LogP contribution in [0, 0.1) is 0 Å². The van der Waals surface area contributed by atoms with Gasteiger partial charge in [0.25, 0.3) is 0 Å². The minimum Gasteiger partial charge on any atom is -0.508 e. The fraction of sp³-hybridized carbons (Fsp3) is 0.263. The molecule has 0 spiro atoms. The van der Waals surface area contributed by atoms with Crippen LogP contribution in [-0.2, 0) is 22.4 Å². The zero-order valence-electron chi connectivity index (χ0n) is 12.5. The van der Waals surface area contributed by atoms with Gasteiger partial charge < -0.3 is 5.11 Å². The highest BCUT2D eigenvalue weighted by atomic mass is 16.3. The van der Waals surface area contributed by atoms with E-state index in [9.17, 15) is 14.7 Å². The van der Waals surface area contributed by atoms with Crippen molar-refractivity contribution in [2.45, 2.75) is 32.1 Å². The van der Waals surface area contributed by atoms with Gasteiger partial charge in [-0.05, 0) is 36.1 Å². The molecule has 3 heteroatoms. The third-order valence-electron chi connectivity index (χ3n) is 3.56. The zero-order chi connectivity index (χ0) is 15.8. The van der Waals surface area contributed by atoms with Gasteiger partial charge in [0.1, 0.15) is 17.3 Å². The quantitative estimate of drug-likeness (QED) is 0.759. The second-order valence-corrected chi connectivity index (χ2v) is 5.41. The van der Waals surface area contributed by atoms with Crippen LogP contribution in [0.3, 0.4) is 0 Å². The molecular formula is C19H20O3. The van der Waals surface area contributed by atoms with Crippen LogP contribution in [0.15, 0.2) is 54.6 Å². The lowest BCUT2D eigenvalue weighted by Crippen LogP contribution is -2.09. The summed E-state index contributed by atoms with van der Waals surface area (Å²) < 4.78 is 0. The number of hydrogen-bond acceptors (Lipinski definition) is 3. The van der Waals surface area contributed by atoms with Gasteiger partial charge in [-0.25, -0.2) is 0 Å². The normalized spacial score (nSPS) is 10.4. The predicted molar refractivity (Wildman–Crippen MR) is 85.8 cm³/mol. The molecule has 0 fully saturated rings. The Morgan fingerprint density at radius 1 is 0.727 bits per heavy atom. The first kappa shape index (κ1) is 16.0. The van der Waals surface area contributed by atoms with Gasteiger partial charge in [-0.1, -0.05) is 42.5 Å². The molecule has 2 rings (SSSR count). The van der Waals surface area contributed by atoms with E-state index in [0.29, 0.717) is 25.7 Å². The summed E-state index contributed by atoms with van der Waals surface area (Å²) in [5.41, 5.74) is 2.11. The second kappa shape index (κ2) is 8.13. The molecule has 0 aliphatic rings. The molecule has 22 heavy (non-hydrogen) atoms. The molecule has 0 amide bonds. The number of Topliss-reactive ketones (excluding diaryl/α,β-unsaturated/α-hetero) is 2. The van der Waals surface area contributed by atoms with Crippen LogP contribution in [-0.4, -0.2) is 16.7 Å². The number of benzene rings is 2. The van der Waals surface area contributed by atoms with E-state index in [1.807, 2.05) is 30.3 Å². The fourth-order valence-electron chi connectivity index (χ4n) is 2.27. The highest BCUT2D eigenvalue weighted by Crippen LogP contribution is 2.12. The Labute approximate surface area is 130 Å². The maximum atomic E-state index is 11.8. The van der Waals surface area contributed by atoms with E-state index >= 15 is 0 Å². The van der Waals surface area contributed by atoms with E-state index in [1.54, 1.807) is 24.3 Å². The van der Waals surface area contributed by atoms with Crippen LogP contribution in [0.4, 0.5) is 0 Å². The molecule has 0 bridgehead atoms. The van der Waals surface area contributed by atoms with Crippen LogP contribution >= 0.6 is 0 Å². The summed E-state index contributed by atoms with van der Waals surface area (Å²) >= 11 is 0. The van der Waals surface area contributed by atoms with Gasteiger partial charge in [0.2, 0.25) is 0 Å². The molecule has 2 aromatic carbocycles. The van der Waals surface area contributed by atoms with Crippen molar-refractivity contribution >= 4 is 11.6 Å². The van der Waals surface area contributed by atoms with E-state index in [4.69, 9.17) is 0 Å². The van der Waals surface area contributed by atoms with Crippen molar-refractivity contribution < 1.29 is 14.7 Å². The van der Waals surface area contributed by atoms with Gasteiger partial charge in [0.15, 0.2) is 0 Å². The summed E-state index contributed by atoms with van der Waals surface area (Å²) in [4.78, 5) is 23.7. The molecular weight excluding hydrogens is 276 g/mol.